The molecule has 0 aromatic carbocycles. The molecule has 154 valence electrons. The third-order valence-corrected chi connectivity index (χ3v) is 5.75. The van der Waals surface area contributed by atoms with Gasteiger partial charge in [0.2, 0.25) is 5.91 Å². The van der Waals surface area contributed by atoms with Crippen LogP contribution in [0, 0.1) is 23.2 Å². The van der Waals surface area contributed by atoms with E-state index in [2.05, 4.69) is 21.8 Å². The van der Waals surface area contributed by atoms with Crippen LogP contribution in [-0.4, -0.2) is 55.1 Å². The molecule has 30 heavy (non-hydrogen) atoms. The van der Waals surface area contributed by atoms with Gasteiger partial charge in [0.25, 0.3) is 5.91 Å². The molecular weight excluding hydrogens is 382 g/mol. The third-order valence-electron chi connectivity index (χ3n) is 5.75. The molecule has 1 fully saturated rings. The minimum absolute atomic E-state index is 0.00985. The number of amides is 1. The van der Waals surface area contributed by atoms with Gasteiger partial charge in [0.15, 0.2) is 5.82 Å². The second kappa shape index (κ2) is 7.71. The van der Waals surface area contributed by atoms with Gasteiger partial charge in [-0.3, -0.25) is 14.3 Å². The topological polar surface area (TPSA) is 109 Å². The number of piperidine rings is 1. The van der Waals surface area contributed by atoms with Crippen LogP contribution in [-0.2, 0) is 4.79 Å². The molecule has 0 N–H and O–H groups in total. The minimum atomic E-state index is -0.464. The molecule has 0 spiro atoms. The van der Waals surface area contributed by atoms with Gasteiger partial charge in [0.1, 0.15) is 11.6 Å². The molecule has 2 aromatic heterocycles. The number of carbonyl (C=O) groups is 2. The van der Waals surface area contributed by atoms with Crippen LogP contribution in [0.4, 0.5) is 5.82 Å². The summed E-state index contributed by atoms with van der Waals surface area (Å²) in [6, 6.07) is 2.22. The number of rotatable bonds is 4. The van der Waals surface area contributed by atoms with Crippen LogP contribution < -0.4 is 0 Å². The van der Waals surface area contributed by atoms with Crippen molar-refractivity contribution in [2.24, 2.45) is 16.8 Å². The molecule has 2 aromatic rings. The maximum Gasteiger partial charge on any atom is 0.258 e. The largest absolute Gasteiger partial charge is 0.339 e. The van der Waals surface area contributed by atoms with Crippen molar-refractivity contribution < 1.29 is 9.59 Å². The lowest BCUT2D eigenvalue weighted by atomic mass is 9.86. The second-order valence-electron chi connectivity index (χ2n) is 7.93. The normalized spacial score (nSPS) is 19.4. The van der Waals surface area contributed by atoms with E-state index < -0.39 is 5.92 Å². The van der Waals surface area contributed by atoms with Gasteiger partial charge in [-0.15, -0.1) is 0 Å². The Bertz CT molecular complexity index is 1080. The first-order chi connectivity index (χ1) is 14.4. The Morgan fingerprint density at radius 2 is 2.03 bits per heavy atom. The molecule has 0 aliphatic carbocycles. The first kappa shape index (κ1) is 19.8. The summed E-state index contributed by atoms with van der Waals surface area (Å²) in [6.45, 7) is 8.79. The minimum Gasteiger partial charge on any atom is -0.339 e. The fraction of sp³-hybridized carbons (Fsp3) is 0.429. The SMILES string of the molecule is C=CC(=O)N1CCC(n2cc(C3=Nc4c(C#N)cnn4C(=O)C3C(C)C)cn2)CC1. The first-order valence-corrected chi connectivity index (χ1v) is 10.0. The highest BCUT2D eigenvalue weighted by atomic mass is 16.2. The lowest BCUT2D eigenvalue weighted by Gasteiger charge is -2.31. The van der Waals surface area contributed by atoms with Crippen LogP contribution in [0.15, 0.2) is 36.2 Å². The Labute approximate surface area is 174 Å². The lowest BCUT2D eigenvalue weighted by molar-refractivity contribution is -0.127. The summed E-state index contributed by atoms with van der Waals surface area (Å²) in [7, 11) is 0. The smallest absolute Gasteiger partial charge is 0.258 e. The predicted octanol–water partition coefficient (Wildman–Crippen LogP) is 2.35. The maximum absolute atomic E-state index is 13.0. The van der Waals surface area contributed by atoms with Crippen molar-refractivity contribution in [3.8, 4) is 6.07 Å². The number of aromatic nitrogens is 4. The van der Waals surface area contributed by atoms with Crippen molar-refractivity contribution >= 4 is 23.3 Å². The lowest BCUT2D eigenvalue weighted by Crippen LogP contribution is -2.38. The van der Waals surface area contributed by atoms with E-state index >= 15 is 0 Å². The van der Waals surface area contributed by atoms with Gasteiger partial charge in [-0.25, -0.2) is 4.99 Å². The zero-order chi connectivity index (χ0) is 21.4. The summed E-state index contributed by atoms with van der Waals surface area (Å²) in [6.07, 6.45) is 7.95. The van der Waals surface area contributed by atoms with E-state index in [0.29, 0.717) is 18.8 Å². The Morgan fingerprint density at radius 1 is 1.30 bits per heavy atom. The number of nitriles is 1. The number of aliphatic imine (C=N–C) groups is 1. The molecule has 2 aliphatic rings. The van der Waals surface area contributed by atoms with Gasteiger partial charge in [0.05, 0.1) is 30.1 Å². The van der Waals surface area contributed by atoms with Crippen molar-refractivity contribution in [3.05, 3.63) is 42.4 Å². The van der Waals surface area contributed by atoms with Crippen LogP contribution in [0.25, 0.3) is 0 Å². The summed E-state index contributed by atoms with van der Waals surface area (Å²) in [5.41, 5.74) is 1.66. The molecule has 1 amide bonds. The summed E-state index contributed by atoms with van der Waals surface area (Å²) >= 11 is 0. The highest BCUT2D eigenvalue weighted by Gasteiger charge is 2.37. The zero-order valence-corrected chi connectivity index (χ0v) is 17.0. The van der Waals surface area contributed by atoms with Gasteiger partial charge in [-0.2, -0.15) is 20.1 Å². The molecular formula is C21H23N7O2. The van der Waals surface area contributed by atoms with Gasteiger partial charge < -0.3 is 4.90 Å². The van der Waals surface area contributed by atoms with Crippen LogP contribution >= 0.6 is 0 Å². The van der Waals surface area contributed by atoms with Crippen molar-refractivity contribution in [1.29, 1.82) is 5.26 Å². The van der Waals surface area contributed by atoms with E-state index in [1.807, 2.05) is 30.8 Å². The van der Waals surface area contributed by atoms with E-state index in [9.17, 15) is 14.9 Å². The predicted molar refractivity (Wildman–Crippen MR) is 109 cm³/mol. The molecule has 0 saturated carbocycles. The monoisotopic (exact) mass is 405 g/mol. The Hall–Kier alpha value is -3.54. The zero-order valence-electron chi connectivity index (χ0n) is 17.0. The van der Waals surface area contributed by atoms with Crippen LogP contribution in [0.3, 0.4) is 0 Å². The molecule has 1 unspecified atom stereocenters. The number of hydrogen-bond acceptors (Lipinski definition) is 6. The number of fused-ring (bicyclic) bond motifs is 1. The fourth-order valence-corrected chi connectivity index (χ4v) is 4.12. The molecule has 9 nitrogen and oxygen atoms in total. The molecule has 0 radical (unpaired) electrons. The average Bonchev–Trinajstić information content (AvgIpc) is 3.40. The molecule has 1 atom stereocenters. The number of nitrogens with zero attached hydrogens (tertiary/aromatic N) is 7. The Morgan fingerprint density at radius 3 is 2.67 bits per heavy atom. The van der Waals surface area contributed by atoms with E-state index in [1.165, 1.54) is 17.0 Å². The molecule has 4 heterocycles. The third kappa shape index (κ3) is 3.24. The van der Waals surface area contributed by atoms with E-state index in [4.69, 9.17) is 0 Å². The maximum atomic E-state index is 13.0. The summed E-state index contributed by atoms with van der Waals surface area (Å²) in [4.78, 5) is 31.3. The van der Waals surface area contributed by atoms with Crippen LogP contribution in [0.1, 0.15) is 48.7 Å². The van der Waals surface area contributed by atoms with E-state index in [1.54, 1.807) is 11.1 Å². The second-order valence-corrected chi connectivity index (χ2v) is 7.93. The van der Waals surface area contributed by atoms with E-state index in [-0.39, 0.29) is 35.2 Å². The van der Waals surface area contributed by atoms with Crippen molar-refractivity contribution in [3.63, 3.8) is 0 Å². The molecule has 0 bridgehead atoms. The summed E-state index contributed by atoms with van der Waals surface area (Å²) in [5.74, 6) is -0.410. The highest BCUT2D eigenvalue weighted by molar-refractivity contribution is 6.16. The molecule has 1 saturated heterocycles. The fourth-order valence-electron chi connectivity index (χ4n) is 4.12. The van der Waals surface area contributed by atoms with Gasteiger partial charge >= 0.3 is 0 Å². The quantitative estimate of drug-likeness (QED) is 0.725. The van der Waals surface area contributed by atoms with Gasteiger partial charge in [-0.05, 0) is 24.8 Å². The van der Waals surface area contributed by atoms with Crippen LogP contribution in [0.5, 0.6) is 0 Å². The number of carbonyl (C=O) groups excluding carboxylic acids is 2. The summed E-state index contributed by atoms with van der Waals surface area (Å²) < 4.78 is 3.12. The molecule has 4 rings (SSSR count). The first-order valence-electron chi connectivity index (χ1n) is 10.0. The molecule has 9 heteroatoms. The Kier molecular flexibility index (Phi) is 5.08. The number of hydrogen-bond donors (Lipinski definition) is 0. The van der Waals surface area contributed by atoms with E-state index in [0.717, 1.165) is 18.4 Å². The standard InChI is InChI=1S/C21H23N7O2/c1-4-17(29)26-7-5-16(6-8-26)27-12-15(11-23-27)19-18(13(2)3)21(30)28-20(25-19)14(9-22)10-24-28/h4,10-13,16,18H,1,5-8H2,2-3H3. The van der Waals surface area contributed by atoms with Crippen molar-refractivity contribution in [2.45, 2.75) is 32.7 Å². The average molecular weight is 405 g/mol. The molecule has 2 aliphatic heterocycles. The number of likely N-dealkylation sites (tertiary alicyclic amines) is 1. The van der Waals surface area contributed by atoms with Crippen molar-refractivity contribution in [2.75, 3.05) is 13.1 Å². The van der Waals surface area contributed by atoms with Crippen molar-refractivity contribution in [1.82, 2.24) is 24.5 Å². The highest BCUT2D eigenvalue weighted by Crippen LogP contribution is 2.32. The van der Waals surface area contributed by atoms with Gasteiger partial charge in [-0.1, -0.05) is 20.4 Å². The van der Waals surface area contributed by atoms with Gasteiger partial charge in [0, 0.05) is 24.8 Å². The van der Waals surface area contributed by atoms with Crippen LogP contribution in [0.2, 0.25) is 0 Å². The summed E-state index contributed by atoms with van der Waals surface area (Å²) in [5, 5.41) is 17.9. The Balaban J connectivity index is 1.63.